The van der Waals surface area contributed by atoms with E-state index < -0.39 is 0 Å². The minimum atomic E-state index is -0.366. The Labute approximate surface area is 120 Å². The van der Waals surface area contributed by atoms with Gasteiger partial charge in [-0.3, -0.25) is 9.58 Å². The summed E-state index contributed by atoms with van der Waals surface area (Å²) in [4.78, 5) is 2.52. The normalized spacial score (nSPS) is 29.1. The number of β-amino-alcohol motifs (C(OH)–C–C–N with tert-alkyl or cyclic N) is 1. The van der Waals surface area contributed by atoms with Gasteiger partial charge in [0, 0.05) is 18.8 Å². The van der Waals surface area contributed by atoms with Crippen molar-refractivity contribution in [3.8, 4) is 0 Å². The monoisotopic (exact) mass is 278 g/mol. The third-order valence-corrected chi connectivity index (χ3v) is 4.85. The summed E-state index contributed by atoms with van der Waals surface area (Å²) < 4.78 is 1.74. The van der Waals surface area contributed by atoms with Crippen LogP contribution in [0.3, 0.4) is 0 Å². The number of hydrogen-bond acceptors (Lipinski definition) is 4. The lowest BCUT2D eigenvalue weighted by molar-refractivity contribution is 0.0152. The van der Waals surface area contributed by atoms with E-state index in [1.54, 1.807) is 17.1 Å². The molecule has 0 radical (unpaired) electrons. The van der Waals surface area contributed by atoms with Gasteiger partial charge in [0.05, 0.1) is 24.5 Å². The highest BCUT2D eigenvalue weighted by atomic mass is 16.3. The summed E-state index contributed by atoms with van der Waals surface area (Å²) in [5.41, 5.74) is 6.31. The smallest absolute Gasteiger partial charge is 0.0862 e. The largest absolute Gasteiger partial charge is 0.396 e. The van der Waals surface area contributed by atoms with Crippen molar-refractivity contribution in [2.24, 2.45) is 5.92 Å². The topological polar surface area (TPSA) is 67.3 Å². The highest BCUT2D eigenvalue weighted by Crippen LogP contribution is 2.35. The maximum absolute atomic E-state index is 10.3. The summed E-state index contributed by atoms with van der Waals surface area (Å²) in [6, 6.07) is 0.704. The number of nitrogens with zero attached hydrogens (tertiary/aromatic N) is 3. The van der Waals surface area contributed by atoms with Gasteiger partial charge in [0.1, 0.15) is 0 Å². The molecule has 1 aliphatic heterocycles. The van der Waals surface area contributed by atoms with Crippen molar-refractivity contribution in [1.29, 1.82) is 0 Å². The lowest BCUT2D eigenvalue weighted by Gasteiger charge is -2.44. The van der Waals surface area contributed by atoms with Crippen molar-refractivity contribution >= 4 is 5.69 Å². The molecule has 1 aromatic heterocycles. The molecular formula is C15H26N4O. The number of rotatable bonds is 4. The molecule has 2 aliphatic rings. The summed E-state index contributed by atoms with van der Waals surface area (Å²) >= 11 is 0. The zero-order chi connectivity index (χ0) is 13.9. The Balaban J connectivity index is 1.55. The molecule has 5 heteroatoms. The van der Waals surface area contributed by atoms with Crippen molar-refractivity contribution in [3.05, 3.63) is 12.4 Å². The molecule has 0 amide bonds. The van der Waals surface area contributed by atoms with Crippen LogP contribution in [0.4, 0.5) is 5.69 Å². The minimum Gasteiger partial charge on any atom is -0.396 e. The highest BCUT2D eigenvalue weighted by Gasteiger charge is 2.33. The Kier molecular flexibility index (Phi) is 4.27. The van der Waals surface area contributed by atoms with Crippen LogP contribution in [-0.4, -0.2) is 45.0 Å². The highest BCUT2D eigenvalue weighted by molar-refractivity contribution is 5.30. The molecule has 3 N–H and O–H groups in total. The first-order chi connectivity index (χ1) is 9.72. The van der Waals surface area contributed by atoms with Gasteiger partial charge >= 0.3 is 0 Å². The summed E-state index contributed by atoms with van der Waals surface area (Å²) in [6.45, 7) is 2.44. The average Bonchev–Trinajstić information content (AvgIpc) is 2.84. The number of fused-ring (bicyclic) bond motifs is 1. The van der Waals surface area contributed by atoms with Crippen LogP contribution in [0.5, 0.6) is 0 Å². The van der Waals surface area contributed by atoms with E-state index in [9.17, 15) is 5.11 Å². The predicted molar refractivity (Wildman–Crippen MR) is 79.2 cm³/mol. The van der Waals surface area contributed by atoms with Crippen molar-refractivity contribution in [3.63, 3.8) is 0 Å². The quantitative estimate of drug-likeness (QED) is 0.875. The summed E-state index contributed by atoms with van der Waals surface area (Å²) in [7, 11) is 0. The van der Waals surface area contributed by atoms with E-state index in [2.05, 4.69) is 10.00 Å². The number of aliphatic hydroxyl groups excluding tert-OH is 1. The zero-order valence-corrected chi connectivity index (χ0v) is 12.1. The molecule has 0 spiro atoms. The van der Waals surface area contributed by atoms with E-state index in [1.165, 1.54) is 38.5 Å². The predicted octanol–water partition coefficient (Wildman–Crippen LogP) is 1.48. The molecule has 112 valence electrons. The molecule has 2 fully saturated rings. The van der Waals surface area contributed by atoms with E-state index in [4.69, 9.17) is 5.73 Å². The summed E-state index contributed by atoms with van der Waals surface area (Å²) in [5.74, 6) is 0.866. The molecule has 0 aromatic carbocycles. The van der Waals surface area contributed by atoms with Gasteiger partial charge in [0.15, 0.2) is 0 Å². The van der Waals surface area contributed by atoms with Crippen LogP contribution < -0.4 is 5.73 Å². The van der Waals surface area contributed by atoms with Crippen LogP contribution >= 0.6 is 0 Å². The Morgan fingerprint density at radius 2 is 2.05 bits per heavy atom. The second-order valence-electron chi connectivity index (χ2n) is 6.40. The van der Waals surface area contributed by atoms with Gasteiger partial charge in [-0.1, -0.05) is 12.8 Å². The number of piperidine rings is 1. The molecular weight excluding hydrogens is 252 g/mol. The fourth-order valence-corrected chi connectivity index (χ4v) is 3.98. The van der Waals surface area contributed by atoms with E-state index in [-0.39, 0.29) is 6.10 Å². The Bertz CT molecular complexity index is 431. The number of nitrogens with two attached hydrogens (primary N) is 1. The molecule has 3 rings (SSSR count). The van der Waals surface area contributed by atoms with Gasteiger partial charge in [-0.15, -0.1) is 0 Å². The molecule has 5 nitrogen and oxygen atoms in total. The van der Waals surface area contributed by atoms with Crippen LogP contribution in [0, 0.1) is 5.92 Å². The molecule has 1 aromatic rings. The van der Waals surface area contributed by atoms with Crippen molar-refractivity contribution in [1.82, 2.24) is 14.7 Å². The van der Waals surface area contributed by atoms with Gasteiger partial charge in [0.2, 0.25) is 0 Å². The number of anilines is 1. The van der Waals surface area contributed by atoms with Crippen LogP contribution in [0.2, 0.25) is 0 Å². The van der Waals surface area contributed by atoms with E-state index in [1.807, 2.05) is 0 Å². The van der Waals surface area contributed by atoms with Crippen LogP contribution in [0.25, 0.3) is 0 Å². The van der Waals surface area contributed by atoms with E-state index in [0.29, 0.717) is 18.3 Å². The lowest BCUT2D eigenvalue weighted by atomic mass is 9.78. The number of nitrogen functional groups attached to an aromatic ring is 1. The molecule has 2 heterocycles. The van der Waals surface area contributed by atoms with Gasteiger partial charge in [-0.05, 0) is 38.1 Å². The fourth-order valence-electron chi connectivity index (χ4n) is 3.98. The maximum atomic E-state index is 10.3. The molecule has 1 unspecified atom stereocenters. The number of hydrogen-bond donors (Lipinski definition) is 2. The molecule has 1 aliphatic carbocycles. The third kappa shape index (κ3) is 3.15. The average molecular weight is 278 g/mol. The van der Waals surface area contributed by atoms with Gasteiger partial charge in [-0.25, -0.2) is 0 Å². The molecule has 20 heavy (non-hydrogen) atoms. The summed E-state index contributed by atoms with van der Waals surface area (Å²) in [6.07, 6.45) is 11.1. The molecule has 3 atom stereocenters. The maximum Gasteiger partial charge on any atom is 0.0862 e. The first-order valence-electron chi connectivity index (χ1n) is 7.92. The second-order valence-corrected chi connectivity index (χ2v) is 6.40. The van der Waals surface area contributed by atoms with Gasteiger partial charge < -0.3 is 10.8 Å². The lowest BCUT2D eigenvalue weighted by Crippen LogP contribution is -2.49. The molecule has 1 saturated carbocycles. The van der Waals surface area contributed by atoms with Crippen molar-refractivity contribution < 1.29 is 5.11 Å². The van der Waals surface area contributed by atoms with Gasteiger partial charge in [-0.2, -0.15) is 5.10 Å². The van der Waals surface area contributed by atoms with E-state index in [0.717, 1.165) is 19.0 Å². The minimum absolute atomic E-state index is 0.366. The van der Waals surface area contributed by atoms with Crippen LogP contribution in [0.1, 0.15) is 38.5 Å². The number of likely N-dealkylation sites (tertiary alicyclic amines) is 1. The number of aliphatic hydroxyl groups is 1. The molecule has 1 saturated heterocycles. The second kappa shape index (κ2) is 6.14. The zero-order valence-electron chi connectivity index (χ0n) is 12.1. The Hall–Kier alpha value is -1.07. The Morgan fingerprint density at radius 1 is 1.25 bits per heavy atom. The van der Waals surface area contributed by atoms with Crippen LogP contribution in [0.15, 0.2) is 12.4 Å². The van der Waals surface area contributed by atoms with Crippen molar-refractivity contribution in [2.75, 3.05) is 18.8 Å². The Morgan fingerprint density at radius 3 is 2.85 bits per heavy atom. The first kappa shape index (κ1) is 13.9. The van der Waals surface area contributed by atoms with E-state index >= 15 is 0 Å². The molecule has 0 bridgehead atoms. The SMILES string of the molecule is Nc1cnn(CC(O)CN2CCC[C@H]3CCCC[C@H]32)c1. The fraction of sp³-hybridized carbons (Fsp3) is 0.800. The van der Waals surface area contributed by atoms with Gasteiger partial charge in [0.25, 0.3) is 0 Å². The summed E-state index contributed by atoms with van der Waals surface area (Å²) in [5, 5.41) is 14.5. The first-order valence-corrected chi connectivity index (χ1v) is 7.92. The number of aromatic nitrogens is 2. The third-order valence-electron chi connectivity index (χ3n) is 4.85. The van der Waals surface area contributed by atoms with Crippen LogP contribution in [-0.2, 0) is 6.54 Å². The van der Waals surface area contributed by atoms with Crippen molar-refractivity contribution in [2.45, 2.75) is 57.2 Å². The standard InChI is InChI=1S/C15H26N4O/c16-13-8-17-19(9-13)11-14(20)10-18-7-3-5-12-4-1-2-6-15(12)18/h8-9,12,14-15,20H,1-7,10-11,16H2/t12-,14?,15-/m1/s1.